The number of nitrogens with one attached hydrogen (secondary N) is 1. The van der Waals surface area contributed by atoms with E-state index in [4.69, 9.17) is 12.2 Å². The van der Waals surface area contributed by atoms with E-state index < -0.39 is 0 Å². The van der Waals surface area contributed by atoms with E-state index in [1.807, 2.05) is 24.3 Å². The molecule has 0 atom stereocenters. The van der Waals surface area contributed by atoms with E-state index in [-0.39, 0.29) is 11.5 Å². The van der Waals surface area contributed by atoms with Gasteiger partial charge in [-0.05, 0) is 30.2 Å². The molecule has 3 heterocycles. The minimum atomic E-state index is -0.248. The number of amides is 1. The minimum absolute atomic E-state index is 0.234. The smallest absolute Gasteiger partial charge is 0.267 e. The summed E-state index contributed by atoms with van der Waals surface area (Å²) in [6.07, 6.45) is 5.65. The quantitative estimate of drug-likeness (QED) is 0.338. The van der Waals surface area contributed by atoms with Crippen LogP contribution in [0.4, 0.5) is 5.82 Å². The van der Waals surface area contributed by atoms with E-state index >= 15 is 0 Å². The van der Waals surface area contributed by atoms with Crippen molar-refractivity contribution in [1.82, 2.24) is 14.3 Å². The van der Waals surface area contributed by atoms with Crippen molar-refractivity contribution in [3.8, 4) is 0 Å². The molecule has 1 N–H and O–H groups in total. The highest BCUT2D eigenvalue weighted by Gasteiger charge is 2.31. The minimum Gasteiger partial charge on any atom is -0.369 e. The summed E-state index contributed by atoms with van der Waals surface area (Å²) in [4.78, 5) is 32.5. The van der Waals surface area contributed by atoms with Crippen LogP contribution in [-0.4, -0.2) is 37.6 Å². The molecular weight excluding hydrogens is 428 g/mol. The molecule has 1 aliphatic rings. The van der Waals surface area contributed by atoms with Gasteiger partial charge in [-0.25, -0.2) is 4.98 Å². The summed E-state index contributed by atoms with van der Waals surface area (Å²) in [7, 11) is 0. The molecule has 156 valence electrons. The molecule has 0 unspecified atom stereocenters. The first-order valence-corrected chi connectivity index (χ1v) is 11.0. The predicted octanol–water partition coefficient (Wildman–Crippen LogP) is 3.74. The maximum atomic E-state index is 13.2. The van der Waals surface area contributed by atoms with Crippen LogP contribution in [0.5, 0.6) is 0 Å². The lowest BCUT2D eigenvalue weighted by atomic mass is 10.1. The molecule has 1 aromatic carbocycles. The zero-order valence-electron chi connectivity index (χ0n) is 16.7. The standard InChI is InChI=1S/C23H20N4O2S2/c1-2-13-27-22(29)18(31-23(27)30)15-17-20(24-12-11-16-8-4-3-5-9-16)25-19-10-6-7-14-26(19)21(17)28/h2-10,14-15,24H,1,11-13H2/b18-15+. The van der Waals surface area contributed by atoms with Crippen LogP contribution in [0.3, 0.4) is 0 Å². The molecule has 0 radical (unpaired) electrons. The van der Waals surface area contributed by atoms with Gasteiger partial charge < -0.3 is 5.32 Å². The van der Waals surface area contributed by atoms with Gasteiger partial charge in [0.25, 0.3) is 11.5 Å². The Morgan fingerprint density at radius 3 is 2.68 bits per heavy atom. The molecule has 0 aliphatic carbocycles. The van der Waals surface area contributed by atoms with E-state index in [1.54, 1.807) is 30.5 Å². The zero-order valence-corrected chi connectivity index (χ0v) is 18.3. The van der Waals surface area contributed by atoms with Crippen molar-refractivity contribution in [2.75, 3.05) is 18.4 Å². The van der Waals surface area contributed by atoms with Crippen molar-refractivity contribution >= 4 is 51.7 Å². The third-order valence-corrected chi connectivity index (χ3v) is 6.16. The molecule has 0 bridgehead atoms. The Balaban J connectivity index is 1.71. The van der Waals surface area contributed by atoms with Crippen molar-refractivity contribution in [1.29, 1.82) is 0 Å². The highest BCUT2D eigenvalue weighted by molar-refractivity contribution is 8.26. The molecule has 1 aliphatic heterocycles. The Morgan fingerprint density at radius 1 is 1.13 bits per heavy atom. The van der Waals surface area contributed by atoms with Gasteiger partial charge in [0, 0.05) is 19.3 Å². The molecule has 8 heteroatoms. The fourth-order valence-corrected chi connectivity index (χ4v) is 4.51. The van der Waals surface area contributed by atoms with Crippen LogP contribution in [0.15, 0.2) is 77.1 Å². The molecule has 4 rings (SSSR count). The fourth-order valence-electron chi connectivity index (χ4n) is 3.26. The van der Waals surface area contributed by atoms with E-state index in [1.165, 1.54) is 26.6 Å². The Hall–Kier alpha value is -3.23. The van der Waals surface area contributed by atoms with Gasteiger partial charge in [0.15, 0.2) is 0 Å². The summed E-state index contributed by atoms with van der Waals surface area (Å²) in [5, 5.41) is 3.28. The summed E-state index contributed by atoms with van der Waals surface area (Å²) in [6.45, 7) is 4.60. The maximum absolute atomic E-state index is 13.2. The third kappa shape index (κ3) is 4.45. The molecule has 0 spiro atoms. The van der Waals surface area contributed by atoms with Crippen molar-refractivity contribution < 1.29 is 4.79 Å². The summed E-state index contributed by atoms with van der Waals surface area (Å²) >= 11 is 6.49. The first kappa shape index (κ1) is 21.0. The number of carbonyl (C=O) groups is 1. The fraction of sp³-hybridized carbons (Fsp3) is 0.130. The summed E-state index contributed by atoms with van der Waals surface area (Å²) in [6, 6.07) is 15.4. The van der Waals surface area contributed by atoms with Crippen LogP contribution in [0, 0.1) is 0 Å². The molecule has 1 fully saturated rings. The van der Waals surface area contributed by atoms with Crippen molar-refractivity contribution in [2.45, 2.75) is 6.42 Å². The molecule has 1 amide bonds. The van der Waals surface area contributed by atoms with Crippen LogP contribution >= 0.6 is 24.0 Å². The Morgan fingerprint density at radius 2 is 1.90 bits per heavy atom. The zero-order chi connectivity index (χ0) is 21.8. The van der Waals surface area contributed by atoms with Crippen LogP contribution in [-0.2, 0) is 11.2 Å². The molecule has 6 nitrogen and oxygen atoms in total. The SMILES string of the molecule is C=CCN1C(=O)/C(=C\c2c(NCCc3ccccc3)nc3ccccn3c2=O)SC1=S. The second kappa shape index (κ2) is 9.28. The first-order chi connectivity index (χ1) is 15.1. The number of nitrogens with zero attached hydrogens (tertiary/aromatic N) is 3. The van der Waals surface area contributed by atoms with Gasteiger partial charge in [-0.2, -0.15) is 0 Å². The second-order valence-electron chi connectivity index (χ2n) is 6.85. The topological polar surface area (TPSA) is 66.7 Å². The monoisotopic (exact) mass is 448 g/mol. The van der Waals surface area contributed by atoms with Gasteiger partial charge in [0.05, 0.1) is 10.5 Å². The lowest BCUT2D eigenvalue weighted by molar-refractivity contribution is -0.121. The number of hydrogen-bond donors (Lipinski definition) is 1. The van der Waals surface area contributed by atoms with E-state index in [9.17, 15) is 9.59 Å². The molecular formula is C23H20N4O2S2. The van der Waals surface area contributed by atoms with E-state index in [0.29, 0.717) is 39.3 Å². The average Bonchev–Trinajstić information content (AvgIpc) is 3.05. The molecule has 3 aromatic rings. The molecule has 0 saturated carbocycles. The van der Waals surface area contributed by atoms with Gasteiger partial charge in [0.1, 0.15) is 15.8 Å². The highest BCUT2D eigenvalue weighted by atomic mass is 32.2. The molecule has 31 heavy (non-hydrogen) atoms. The number of rotatable bonds is 7. The first-order valence-electron chi connectivity index (χ1n) is 9.74. The average molecular weight is 449 g/mol. The second-order valence-corrected chi connectivity index (χ2v) is 8.53. The van der Waals surface area contributed by atoms with Crippen LogP contribution in [0.1, 0.15) is 11.1 Å². The maximum Gasteiger partial charge on any atom is 0.267 e. The number of thiocarbonyl (C=S) groups is 1. The summed E-state index contributed by atoms with van der Waals surface area (Å²) < 4.78 is 1.92. The number of thioether (sulfide) groups is 1. The lowest BCUT2D eigenvalue weighted by Gasteiger charge is -2.12. The highest BCUT2D eigenvalue weighted by Crippen LogP contribution is 2.32. The Labute approximate surface area is 189 Å². The Bertz CT molecular complexity index is 1250. The van der Waals surface area contributed by atoms with Gasteiger partial charge in [-0.3, -0.25) is 18.9 Å². The lowest BCUT2D eigenvalue weighted by Crippen LogP contribution is -2.28. The summed E-state index contributed by atoms with van der Waals surface area (Å²) in [5.41, 5.74) is 1.79. The van der Waals surface area contributed by atoms with Crippen molar-refractivity contribution in [3.63, 3.8) is 0 Å². The van der Waals surface area contributed by atoms with Gasteiger partial charge >= 0.3 is 0 Å². The normalized spacial score (nSPS) is 15.1. The summed E-state index contributed by atoms with van der Waals surface area (Å²) in [5.74, 6) is 0.212. The van der Waals surface area contributed by atoms with E-state index in [2.05, 4.69) is 29.0 Å². The van der Waals surface area contributed by atoms with Crippen LogP contribution < -0.4 is 10.9 Å². The number of fused-ring (bicyclic) bond motifs is 1. The van der Waals surface area contributed by atoms with Crippen LogP contribution in [0.25, 0.3) is 11.7 Å². The predicted molar refractivity (Wildman–Crippen MR) is 130 cm³/mol. The van der Waals surface area contributed by atoms with Gasteiger partial charge in [0.2, 0.25) is 0 Å². The number of pyridine rings is 1. The Kier molecular flexibility index (Phi) is 6.29. The van der Waals surface area contributed by atoms with Crippen LogP contribution in [0.2, 0.25) is 0 Å². The number of hydrogen-bond acceptors (Lipinski definition) is 6. The number of aromatic nitrogens is 2. The molecule has 2 aromatic heterocycles. The van der Waals surface area contributed by atoms with Gasteiger partial charge in [-0.15, -0.1) is 6.58 Å². The third-order valence-electron chi connectivity index (χ3n) is 4.78. The van der Waals surface area contributed by atoms with Gasteiger partial charge in [-0.1, -0.05) is 66.5 Å². The number of anilines is 1. The largest absolute Gasteiger partial charge is 0.369 e. The number of carbonyl (C=O) groups excluding carboxylic acids is 1. The van der Waals surface area contributed by atoms with Crippen molar-refractivity contribution in [2.24, 2.45) is 0 Å². The number of benzene rings is 1. The van der Waals surface area contributed by atoms with Crippen molar-refractivity contribution in [3.05, 3.63) is 93.8 Å². The van der Waals surface area contributed by atoms with E-state index in [0.717, 1.165) is 6.42 Å². The molecule has 1 saturated heterocycles.